The van der Waals surface area contributed by atoms with Gasteiger partial charge in [0.1, 0.15) is 11.6 Å². The molecule has 0 spiro atoms. The Morgan fingerprint density at radius 1 is 1.13 bits per heavy atom. The van der Waals surface area contributed by atoms with E-state index >= 15 is 0 Å². The maximum atomic E-state index is 12.4. The molecule has 0 fully saturated rings. The van der Waals surface area contributed by atoms with Crippen molar-refractivity contribution in [3.8, 4) is 5.69 Å². The Labute approximate surface area is 179 Å². The molecule has 8 heteroatoms. The van der Waals surface area contributed by atoms with Crippen molar-refractivity contribution in [1.29, 1.82) is 0 Å². The van der Waals surface area contributed by atoms with Crippen LogP contribution in [0, 0.1) is 18.6 Å². The van der Waals surface area contributed by atoms with E-state index in [1.54, 1.807) is 6.07 Å². The van der Waals surface area contributed by atoms with Crippen molar-refractivity contribution in [1.82, 2.24) is 29.2 Å². The quantitative estimate of drug-likeness (QED) is 0.481. The molecule has 4 rings (SSSR count). The smallest absolute Gasteiger partial charge is 0.258 e. The average molecular weight is 421 g/mol. The molecule has 0 aliphatic heterocycles. The van der Waals surface area contributed by atoms with Crippen LogP contribution in [0.4, 0.5) is 0 Å². The van der Waals surface area contributed by atoms with E-state index in [-0.39, 0.29) is 5.56 Å². The molecule has 0 aliphatic carbocycles. The normalized spacial score (nSPS) is 11.5. The van der Waals surface area contributed by atoms with Crippen molar-refractivity contribution in [2.24, 2.45) is 0 Å². The Hall–Kier alpha value is -3.10. The van der Waals surface area contributed by atoms with Gasteiger partial charge in [-0.1, -0.05) is 31.2 Å². The largest absolute Gasteiger partial charge is 0.309 e. The molecular weight excluding hydrogens is 396 g/mol. The molecule has 4 aromatic rings. The van der Waals surface area contributed by atoms with E-state index in [1.165, 1.54) is 5.56 Å². The summed E-state index contributed by atoms with van der Waals surface area (Å²) in [6.45, 7) is 7.83. The number of para-hydroxylation sites is 1. The van der Waals surface area contributed by atoms with Crippen molar-refractivity contribution < 1.29 is 0 Å². The van der Waals surface area contributed by atoms with E-state index in [1.807, 2.05) is 46.5 Å². The number of rotatable bonds is 6. The highest BCUT2D eigenvalue weighted by atomic mass is 32.1. The molecule has 0 amide bonds. The zero-order valence-corrected chi connectivity index (χ0v) is 18.1. The van der Waals surface area contributed by atoms with Gasteiger partial charge in [-0.2, -0.15) is 5.10 Å². The standard InChI is InChI=1S/C22H24N6OS/c1-4-26(13-20-23-19-11-6-5-10-18(19)21(29)24-20)14-27-22(30)28(16(3)25-27)17-9-7-8-15(2)12-17/h5-12H,4,13-14H2,1-3H3,(H,23,24,29). The van der Waals surface area contributed by atoms with Crippen LogP contribution in [-0.4, -0.2) is 35.8 Å². The zero-order valence-electron chi connectivity index (χ0n) is 17.3. The molecule has 154 valence electrons. The van der Waals surface area contributed by atoms with Crippen molar-refractivity contribution in [2.45, 2.75) is 34.0 Å². The summed E-state index contributed by atoms with van der Waals surface area (Å²) in [5.41, 5.74) is 2.75. The number of fused-ring (bicyclic) bond motifs is 1. The molecule has 1 N–H and O–H groups in total. The Morgan fingerprint density at radius 2 is 1.93 bits per heavy atom. The van der Waals surface area contributed by atoms with Crippen LogP contribution in [0.3, 0.4) is 0 Å². The fourth-order valence-electron chi connectivity index (χ4n) is 3.55. The number of nitrogens with one attached hydrogen (secondary N) is 1. The Bertz CT molecular complexity index is 1320. The fourth-order valence-corrected chi connectivity index (χ4v) is 3.88. The molecule has 2 aromatic carbocycles. The Kier molecular flexibility index (Phi) is 5.61. The lowest BCUT2D eigenvalue weighted by atomic mass is 10.2. The monoisotopic (exact) mass is 420 g/mol. The van der Waals surface area contributed by atoms with E-state index in [2.05, 4.69) is 45.9 Å². The predicted molar refractivity (Wildman–Crippen MR) is 120 cm³/mol. The molecular formula is C22H24N6OS. The van der Waals surface area contributed by atoms with E-state index in [0.717, 1.165) is 18.1 Å². The third-order valence-electron chi connectivity index (χ3n) is 5.08. The third-order valence-corrected chi connectivity index (χ3v) is 5.47. The lowest BCUT2D eigenvalue weighted by Gasteiger charge is -2.19. The lowest BCUT2D eigenvalue weighted by Crippen LogP contribution is -2.28. The maximum Gasteiger partial charge on any atom is 0.258 e. The predicted octanol–water partition coefficient (Wildman–Crippen LogP) is 3.74. The summed E-state index contributed by atoms with van der Waals surface area (Å²) in [5.74, 6) is 1.46. The van der Waals surface area contributed by atoms with Crippen LogP contribution < -0.4 is 5.56 Å². The first-order chi connectivity index (χ1) is 14.5. The summed E-state index contributed by atoms with van der Waals surface area (Å²) in [6.07, 6.45) is 0. The van der Waals surface area contributed by atoms with Crippen LogP contribution in [0.5, 0.6) is 0 Å². The number of nitrogens with zero attached hydrogens (tertiary/aromatic N) is 5. The highest BCUT2D eigenvalue weighted by molar-refractivity contribution is 7.71. The summed E-state index contributed by atoms with van der Waals surface area (Å²) < 4.78 is 4.43. The number of aromatic nitrogens is 5. The number of H-pyrrole nitrogens is 1. The van der Waals surface area contributed by atoms with E-state index < -0.39 is 0 Å². The molecule has 0 radical (unpaired) electrons. The second-order valence-electron chi connectivity index (χ2n) is 7.32. The minimum absolute atomic E-state index is 0.122. The molecule has 0 saturated heterocycles. The van der Waals surface area contributed by atoms with Gasteiger partial charge in [-0.3, -0.25) is 14.3 Å². The summed E-state index contributed by atoms with van der Waals surface area (Å²) >= 11 is 5.72. The molecule has 2 aromatic heterocycles. The van der Waals surface area contributed by atoms with Crippen molar-refractivity contribution in [3.63, 3.8) is 0 Å². The SMILES string of the molecule is CCN(Cc1nc2ccccc2c(=O)[nH]1)Cn1nc(C)n(-c2cccc(C)c2)c1=S. The molecule has 7 nitrogen and oxygen atoms in total. The minimum Gasteiger partial charge on any atom is -0.309 e. The molecule has 2 heterocycles. The molecule has 30 heavy (non-hydrogen) atoms. The van der Waals surface area contributed by atoms with E-state index in [4.69, 9.17) is 12.2 Å². The fraction of sp³-hybridized carbons (Fsp3) is 0.273. The highest BCUT2D eigenvalue weighted by Crippen LogP contribution is 2.15. The van der Waals surface area contributed by atoms with E-state index in [0.29, 0.717) is 34.7 Å². The number of hydrogen-bond donors (Lipinski definition) is 1. The van der Waals surface area contributed by atoms with Gasteiger partial charge >= 0.3 is 0 Å². The van der Waals surface area contributed by atoms with Crippen LogP contribution in [0.25, 0.3) is 16.6 Å². The number of hydrogen-bond acceptors (Lipinski definition) is 5. The zero-order chi connectivity index (χ0) is 21.3. The molecule has 0 aliphatic rings. The lowest BCUT2D eigenvalue weighted by molar-refractivity contribution is 0.202. The van der Waals surface area contributed by atoms with Gasteiger partial charge in [0.05, 0.1) is 24.1 Å². The third kappa shape index (κ3) is 3.96. The summed E-state index contributed by atoms with van der Waals surface area (Å²) in [5, 5.41) is 5.25. The van der Waals surface area contributed by atoms with Gasteiger partial charge in [0.2, 0.25) is 4.77 Å². The van der Waals surface area contributed by atoms with Gasteiger partial charge < -0.3 is 4.98 Å². The van der Waals surface area contributed by atoms with Gasteiger partial charge in [-0.05, 0) is 62.4 Å². The van der Waals surface area contributed by atoms with Crippen molar-refractivity contribution in [2.75, 3.05) is 6.54 Å². The van der Waals surface area contributed by atoms with Crippen LogP contribution in [-0.2, 0) is 13.2 Å². The number of benzene rings is 2. The summed E-state index contributed by atoms with van der Waals surface area (Å²) in [7, 11) is 0. The Morgan fingerprint density at radius 3 is 2.70 bits per heavy atom. The van der Waals surface area contributed by atoms with Crippen molar-refractivity contribution in [3.05, 3.63) is 80.9 Å². The average Bonchev–Trinajstić information content (AvgIpc) is 3.00. The first kappa shape index (κ1) is 20.2. The van der Waals surface area contributed by atoms with Crippen LogP contribution >= 0.6 is 12.2 Å². The second-order valence-corrected chi connectivity index (χ2v) is 7.69. The number of aryl methyl sites for hydroxylation is 2. The summed E-state index contributed by atoms with van der Waals surface area (Å²) in [4.78, 5) is 22.0. The van der Waals surface area contributed by atoms with Gasteiger partial charge in [0, 0.05) is 5.69 Å². The van der Waals surface area contributed by atoms with Crippen molar-refractivity contribution >= 4 is 23.1 Å². The molecule has 0 saturated carbocycles. The van der Waals surface area contributed by atoms with Crippen LogP contribution in [0.2, 0.25) is 0 Å². The van der Waals surface area contributed by atoms with E-state index in [9.17, 15) is 4.79 Å². The number of aromatic amines is 1. The van der Waals surface area contributed by atoms with Crippen LogP contribution in [0.1, 0.15) is 24.1 Å². The Balaban J connectivity index is 1.61. The first-order valence-electron chi connectivity index (χ1n) is 9.90. The van der Waals surface area contributed by atoms with Crippen LogP contribution in [0.15, 0.2) is 53.3 Å². The summed E-state index contributed by atoms with van der Waals surface area (Å²) in [6, 6.07) is 15.6. The maximum absolute atomic E-state index is 12.4. The first-order valence-corrected chi connectivity index (χ1v) is 10.3. The topological polar surface area (TPSA) is 71.7 Å². The van der Waals surface area contributed by atoms with Gasteiger partial charge in [-0.25, -0.2) is 9.67 Å². The molecule has 0 atom stereocenters. The second kappa shape index (κ2) is 8.33. The highest BCUT2D eigenvalue weighted by Gasteiger charge is 2.13. The van der Waals surface area contributed by atoms with Gasteiger partial charge in [-0.15, -0.1) is 0 Å². The molecule has 0 unspecified atom stereocenters. The van der Waals surface area contributed by atoms with Gasteiger partial charge in [0.25, 0.3) is 5.56 Å². The minimum atomic E-state index is -0.122. The molecule has 0 bridgehead atoms. The van der Waals surface area contributed by atoms with Gasteiger partial charge in [0.15, 0.2) is 0 Å².